The second kappa shape index (κ2) is 5.32. The SMILES string of the molecule is NCCCNc1ccc(-c2ccco2)cn1. The first-order chi connectivity index (χ1) is 7.90. The maximum Gasteiger partial charge on any atom is 0.135 e. The minimum Gasteiger partial charge on any atom is -0.464 e. The first-order valence-corrected chi connectivity index (χ1v) is 5.34. The fraction of sp³-hybridized carbons (Fsp3) is 0.250. The average molecular weight is 217 g/mol. The Bertz CT molecular complexity index is 408. The summed E-state index contributed by atoms with van der Waals surface area (Å²) in [6, 6.07) is 7.70. The molecule has 0 radical (unpaired) electrons. The van der Waals surface area contributed by atoms with Crippen LogP contribution in [0.15, 0.2) is 41.1 Å². The van der Waals surface area contributed by atoms with E-state index >= 15 is 0 Å². The van der Waals surface area contributed by atoms with Gasteiger partial charge >= 0.3 is 0 Å². The molecule has 2 rings (SSSR count). The smallest absolute Gasteiger partial charge is 0.135 e. The van der Waals surface area contributed by atoms with Crippen LogP contribution in [0.3, 0.4) is 0 Å². The van der Waals surface area contributed by atoms with E-state index in [2.05, 4.69) is 10.3 Å². The lowest BCUT2D eigenvalue weighted by atomic mass is 10.2. The molecule has 0 amide bonds. The van der Waals surface area contributed by atoms with Crippen LogP contribution in [0.25, 0.3) is 11.3 Å². The summed E-state index contributed by atoms with van der Waals surface area (Å²) in [5, 5.41) is 3.20. The van der Waals surface area contributed by atoms with Crippen molar-refractivity contribution < 1.29 is 4.42 Å². The van der Waals surface area contributed by atoms with Gasteiger partial charge in [0.15, 0.2) is 0 Å². The van der Waals surface area contributed by atoms with Crippen molar-refractivity contribution in [1.82, 2.24) is 4.98 Å². The van der Waals surface area contributed by atoms with E-state index in [1.54, 1.807) is 12.5 Å². The normalized spacial score (nSPS) is 10.3. The molecule has 0 aromatic carbocycles. The van der Waals surface area contributed by atoms with Crippen molar-refractivity contribution in [3.05, 3.63) is 36.7 Å². The summed E-state index contributed by atoms with van der Waals surface area (Å²) in [7, 11) is 0. The van der Waals surface area contributed by atoms with Gasteiger partial charge in [-0.1, -0.05) is 0 Å². The number of furan rings is 1. The maximum absolute atomic E-state index is 5.41. The molecule has 0 saturated heterocycles. The van der Waals surface area contributed by atoms with Gasteiger partial charge in [0.05, 0.1) is 6.26 Å². The molecule has 84 valence electrons. The van der Waals surface area contributed by atoms with E-state index in [1.165, 1.54) is 0 Å². The molecule has 0 aliphatic rings. The minimum atomic E-state index is 0.692. The van der Waals surface area contributed by atoms with Crippen molar-refractivity contribution >= 4 is 5.82 Å². The average Bonchev–Trinajstić information content (AvgIpc) is 2.84. The van der Waals surface area contributed by atoms with Crippen molar-refractivity contribution in [2.45, 2.75) is 6.42 Å². The maximum atomic E-state index is 5.41. The molecule has 2 aromatic heterocycles. The van der Waals surface area contributed by atoms with E-state index in [1.807, 2.05) is 24.3 Å². The summed E-state index contributed by atoms with van der Waals surface area (Å²) in [5.41, 5.74) is 6.39. The molecular weight excluding hydrogens is 202 g/mol. The third-order valence-electron chi connectivity index (χ3n) is 2.26. The number of hydrogen-bond donors (Lipinski definition) is 2. The monoisotopic (exact) mass is 217 g/mol. The zero-order valence-electron chi connectivity index (χ0n) is 9.02. The summed E-state index contributed by atoms with van der Waals surface area (Å²) in [5.74, 6) is 1.70. The molecule has 4 nitrogen and oxygen atoms in total. The first-order valence-electron chi connectivity index (χ1n) is 5.34. The Morgan fingerprint density at radius 3 is 2.88 bits per heavy atom. The van der Waals surface area contributed by atoms with Crippen molar-refractivity contribution in [2.24, 2.45) is 5.73 Å². The van der Waals surface area contributed by atoms with Gasteiger partial charge in [0.2, 0.25) is 0 Å². The third kappa shape index (κ3) is 2.61. The molecule has 2 heterocycles. The minimum absolute atomic E-state index is 0.692. The van der Waals surface area contributed by atoms with E-state index in [-0.39, 0.29) is 0 Å². The van der Waals surface area contributed by atoms with Gasteiger partial charge < -0.3 is 15.5 Å². The van der Waals surface area contributed by atoms with Gasteiger partial charge in [0.25, 0.3) is 0 Å². The molecule has 0 aliphatic carbocycles. The highest BCUT2D eigenvalue weighted by Gasteiger charge is 2.00. The number of nitrogens with two attached hydrogens (primary N) is 1. The standard InChI is InChI=1S/C12H15N3O/c13-6-2-7-14-12-5-4-10(9-15-12)11-3-1-8-16-11/h1,3-5,8-9H,2,6-7,13H2,(H,14,15). The number of nitrogens with zero attached hydrogens (tertiary/aromatic N) is 1. The lowest BCUT2D eigenvalue weighted by Gasteiger charge is -2.04. The molecule has 2 aromatic rings. The van der Waals surface area contributed by atoms with E-state index in [0.29, 0.717) is 6.54 Å². The van der Waals surface area contributed by atoms with Gasteiger partial charge in [-0.2, -0.15) is 0 Å². The Hall–Kier alpha value is -1.81. The van der Waals surface area contributed by atoms with Gasteiger partial charge in [0.1, 0.15) is 11.6 Å². The van der Waals surface area contributed by atoms with Crippen LogP contribution in [0.1, 0.15) is 6.42 Å². The topological polar surface area (TPSA) is 64.1 Å². The van der Waals surface area contributed by atoms with Crippen molar-refractivity contribution in [2.75, 3.05) is 18.4 Å². The summed E-state index contributed by atoms with van der Waals surface area (Å²) in [6.07, 6.45) is 4.40. The fourth-order valence-corrected chi connectivity index (χ4v) is 1.41. The zero-order chi connectivity index (χ0) is 11.2. The molecule has 3 N–H and O–H groups in total. The van der Waals surface area contributed by atoms with E-state index < -0.39 is 0 Å². The zero-order valence-corrected chi connectivity index (χ0v) is 9.02. The van der Waals surface area contributed by atoms with Crippen LogP contribution in [0.2, 0.25) is 0 Å². The Kier molecular flexibility index (Phi) is 3.56. The summed E-state index contributed by atoms with van der Waals surface area (Å²) in [6.45, 7) is 1.54. The van der Waals surface area contributed by atoms with Crippen LogP contribution in [-0.4, -0.2) is 18.1 Å². The molecule has 0 aliphatic heterocycles. The van der Waals surface area contributed by atoms with Crippen LogP contribution in [0, 0.1) is 0 Å². The highest BCUT2D eigenvalue weighted by molar-refractivity contribution is 5.57. The number of anilines is 1. The molecule has 0 saturated carbocycles. The lowest BCUT2D eigenvalue weighted by Crippen LogP contribution is -2.09. The second-order valence-corrected chi connectivity index (χ2v) is 3.48. The number of hydrogen-bond acceptors (Lipinski definition) is 4. The highest BCUT2D eigenvalue weighted by atomic mass is 16.3. The van der Waals surface area contributed by atoms with Gasteiger partial charge in [-0.15, -0.1) is 0 Å². The highest BCUT2D eigenvalue weighted by Crippen LogP contribution is 2.19. The van der Waals surface area contributed by atoms with Gasteiger partial charge in [-0.05, 0) is 37.2 Å². The lowest BCUT2D eigenvalue weighted by molar-refractivity contribution is 0.582. The number of nitrogens with one attached hydrogen (secondary N) is 1. The number of pyridine rings is 1. The van der Waals surface area contributed by atoms with Crippen LogP contribution < -0.4 is 11.1 Å². The Labute approximate surface area is 94.5 Å². The second-order valence-electron chi connectivity index (χ2n) is 3.48. The molecule has 16 heavy (non-hydrogen) atoms. The van der Waals surface area contributed by atoms with Gasteiger partial charge in [-0.3, -0.25) is 0 Å². The number of rotatable bonds is 5. The Morgan fingerprint density at radius 1 is 1.31 bits per heavy atom. The quantitative estimate of drug-likeness (QED) is 0.753. The summed E-state index contributed by atoms with van der Waals surface area (Å²) < 4.78 is 5.28. The third-order valence-corrected chi connectivity index (χ3v) is 2.26. The Balaban J connectivity index is 2.00. The van der Waals surface area contributed by atoms with Crippen LogP contribution in [0.5, 0.6) is 0 Å². The Morgan fingerprint density at radius 2 is 2.25 bits per heavy atom. The predicted octanol–water partition coefficient (Wildman–Crippen LogP) is 2.10. The molecule has 0 atom stereocenters. The molecule has 0 spiro atoms. The van der Waals surface area contributed by atoms with Crippen LogP contribution in [-0.2, 0) is 0 Å². The first kappa shape index (κ1) is 10.7. The van der Waals surface area contributed by atoms with Crippen molar-refractivity contribution in [3.63, 3.8) is 0 Å². The summed E-state index contributed by atoms with van der Waals surface area (Å²) >= 11 is 0. The molecule has 0 unspecified atom stereocenters. The molecule has 0 bridgehead atoms. The van der Waals surface area contributed by atoms with E-state index in [4.69, 9.17) is 10.2 Å². The van der Waals surface area contributed by atoms with Gasteiger partial charge in [-0.25, -0.2) is 4.98 Å². The predicted molar refractivity (Wildman–Crippen MR) is 64.1 cm³/mol. The van der Waals surface area contributed by atoms with Crippen molar-refractivity contribution in [1.29, 1.82) is 0 Å². The molecule has 4 heteroatoms. The van der Waals surface area contributed by atoms with Crippen LogP contribution >= 0.6 is 0 Å². The van der Waals surface area contributed by atoms with Crippen molar-refractivity contribution in [3.8, 4) is 11.3 Å². The van der Waals surface area contributed by atoms with E-state index in [9.17, 15) is 0 Å². The van der Waals surface area contributed by atoms with E-state index in [0.717, 1.165) is 30.1 Å². The largest absolute Gasteiger partial charge is 0.464 e. The fourth-order valence-electron chi connectivity index (χ4n) is 1.41. The van der Waals surface area contributed by atoms with Crippen LogP contribution in [0.4, 0.5) is 5.82 Å². The molecular formula is C12H15N3O. The summed E-state index contributed by atoms with van der Waals surface area (Å²) in [4.78, 5) is 4.29. The molecule has 0 fully saturated rings. The van der Waals surface area contributed by atoms with Gasteiger partial charge in [0, 0.05) is 18.3 Å². The number of aromatic nitrogens is 1.